The maximum absolute atomic E-state index is 11.4. The molecule has 2 rings (SSSR count). The topological polar surface area (TPSA) is 71.8 Å². The molecule has 0 aliphatic rings. The second-order valence-electron chi connectivity index (χ2n) is 4.06. The largest absolute Gasteiger partial charge is 0.329 e. The van der Waals surface area contributed by atoms with Gasteiger partial charge in [-0.25, -0.2) is 4.98 Å². The van der Waals surface area contributed by atoms with Crippen LogP contribution in [0.1, 0.15) is 16.5 Å². The normalized spacial score (nSPS) is 12.4. The van der Waals surface area contributed by atoms with Crippen LogP contribution >= 0.6 is 23.4 Å². The van der Waals surface area contributed by atoms with Gasteiger partial charge in [0.1, 0.15) is 0 Å². The third-order valence-corrected chi connectivity index (χ3v) is 4.06. The number of nitrogens with two attached hydrogens (primary N) is 1. The predicted molar refractivity (Wildman–Crippen MR) is 78.7 cm³/mol. The maximum Gasteiger partial charge on any atom is 0.251 e. The van der Waals surface area contributed by atoms with E-state index in [0.717, 1.165) is 5.56 Å². The Labute approximate surface area is 120 Å². The molecule has 0 aliphatic heterocycles. The van der Waals surface area contributed by atoms with E-state index in [4.69, 9.17) is 17.3 Å². The van der Waals surface area contributed by atoms with Crippen molar-refractivity contribution in [1.29, 1.82) is 0 Å². The van der Waals surface area contributed by atoms with Gasteiger partial charge < -0.3 is 10.7 Å². The van der Waals surface area contributed by atoms with Crippen LogP contribution in [-0.4, -0.2) is 16.5 Å². The van der Waals surface area contributed by atoms with E-state index >= 15 is 0 Å². The van der Waals surface area contributed by atoms with Crippen molar-refractivity contribution in [2.45, 2.75) is 17.3 Å². The summed E-state index contributed by atoms with van der Waals surface area (Å²) in [5.41, 5.74) is 7.26. The van der Waals surface area contributed by atoms with E-state index < -0.39 is 0 Å². The molecule has 0 fully saturated rings. The monoisotopic (exact) mass is 295 g/mol. The van der Waals surface area contributed by atoms with Crippen molar-refractivity contribution in [1.82, 2.24) is 9.97 Å². The summed E-state index contributed by atoms with van der Waals surface area (Å²) in [6, 6.07) is 9.00. The van der Waals surface area contributed by atoms with E-state index in [2.05, 4.69) is 9.97 Å². The zero-order valence-electron chi connectivity index (χ0n) is 10.4. The number of aromatic nitrogens is 2. The van der Waals surface area contributed by atoms with Gasteiger partial charge in [-0.15, -0.1) is 0 Å². The molecule has 1 aromatic carbocycles. The Bertz CT molecular complexity index is 629. The molecular formula is C13H14ClN3OS. The van der Waals surface area contributed by atoms with E-state index in [0.29, 0.717) is 22.4 Å². The van der Waals surface area contributed by atoms with Crippen molar-refractivity contribution in [3.05, 3.63) is 57.0 Å². The van der Waals surface area contributed by atoms with Crippen molar-refractivity contribution in [3.8, 4) is 0 Å². The number of hydrogen-bond acceptors (Lipinski definition) is 4. The molecule has 2 aromatic rings. The van der Waals surface area contributed by atoms with Gasteiger partial charge in [-0.05, 0) is 18.6 Å². The van der Waals surface area contributed by atoms with Crippen LogP contribution in [0.3, 0.4) is 0 Å². The van der Waals surface area contributed by atoms with Gasteiger partial charge in [0.05, 0.1) is 5.25 Å². The van der Waals surface area contributed by atoms with Crippen LogP contribution in [0.15, 0.2) is 40.3 Å². The van der Waals surface area contributed by atoms with Gasteiger partial charge >= 0.3 is 0 Å². The lowest BCUT2D eigenvalue weighted by Gasteiger charge is -2.15. The fourth-order valence-electron chi connectivity index (χ4n) is 1.72. The summed E-state index contributed by atoms with van der Waals surface area (Å²) >= 11 is 7.57. The molecule has 6 heteroatoms. The SMILES string of the molecule is Cc1cc(=O)[nH]c(SC(CN)c2ccccc2Cl)n1. The summed E-state index contributed by atoms with van der Waals surface area (Å²) in [4.78, 5) is 18.4. The first kappa shape index (κ1) is 14.1. The van der Waals surface area contributed by atoms with E-state index in [-0.39, 0.29) is 10.8 Å². The average molecular weight is 296 g/mol. The first-order chi connectivity index (χ1) is 9.10. The molecule has 0 radical (unpaired) electrons. The number of hydrogen-bond donors (Lipinski definition) is 2. The van der Waals surface area contributed by atoms with E-state index in [9.17, 15) is 4.79 Å². The van der Waals surface area contributed by atoms with Crippen LogP contribution in [0.25, 0.3) is 0 Å². The van der Waals surface area contributed by atoms with Crippen molar-refractivity contribution in [2.75, 3.05) is 6.54 Å². The Hall–Kier alpha value is -1.30. The fraction of sp³-hybridized carbons (Fsp3) is 0.231. The Morgan fingerprint density at radius 3 is 2.84 bits per heavy atom. The van der Waals surface area contributed by atoms with Crippen molar-refractivity contribution in [2.24, 2.45) is 5.73 Å². The number of benzene rings is 1. The Balaban J connectivity index is 2.29. The molecule has 3 N–H and O–H groups in total. The van der Waals surface area contributed by atoms with Gasteiger partial charge in [0.25, 0.3) is 5.56 Å². The quantitative estimate of drug-likeness (QED) is 0.671. The van der Waals surface area contributed by atoms with Gasteiger partial charge in [0, 0.05) is 23.3 Å². The molecule has 0 saturated carbocycles. The van der Waals surface area contributed by atoms with Crippen LogP contribution in [0.2, 0.25) is 5.02 Å². The Morgan fingerprint density at radius 2 is 2.21 bits per heavy atom. The summed E-state index contributed by atoms with van der Waals surface area (Å²) in [5.74, 6) is 0. The minimum atomic E-state index is -0.162. The average Bonchev–Trinajstić information content (AvgIpc) is 2.36. The molecule has 19 heavy (non-hydrogen) atoms. The molecule has 0 spiro atoms. The zero-order chi connectivity index (χ0) is 13.8. The molecule has 1 unspecified atom stereocenters. The first-order valence-corrected chi connectivity index (χ1v) is 7.05. The third-order valence-electron chi connectivity index (χ3n) is 2.57. The van der Waals surface area contributed by atoms with Crippen LogP contribution in [0, 0.1) is 6.92 Å². The fourth-order valence-corrected chi connectivity index (χ4v) is 3.10. The van der Waals surface area contributed by atoms with Crippen molar-refractivity contribution >= 4 is 23.4 Å². The lowest BCUT2D eigenvalue weighted by Crippen LogP contribution is -2.13. The molecule has 1 heterocycles. The molecule has 0 saturated heterocycles. The summed E-state index contributed by atoms with van der Waals surface area (Å²) in [6.45, 7) is 2.19. The second kappa shape index (κ2) is 6.23. The maximum atomic E-state index is 11.4. The highest BCUT2D eigenvalue weighted by atomic mass is 35.5. The molecule has 0 aliphatic carbocycles. The van der Waals surface area contributed by atoms with E-state index in [1.807, 2.05) is 24.3 Å². The number of aromatic amines is 1. The van der Waals surface area contributed by atoms with E-state index in [1.165, 1.54) is 17.8 Å². The van der Waals surface area contributed by atoms with Crippen molar-refractivity contribution in [3.63, 3.8) is 0 Å². The number of H-pyrrole nitrogens is 1. The van der Waals surface area contributed by atoms with Crippen LogP contribution < -0.4 is 11.3 Å². The van der Waals surface area contributed by atoms with Crippen molar-refractivity contribution < 1.29 is 0 Å². The highest BCUT2D eigenvalue weighted by Crippen LogP contribution is 2.35. The molecule has 100 valence electrons. The molecule has 0 bridgehead atoms. The Kier molecular flexibility index (Phi) is 4.63. The Morgan fingerprint density at radius 1 is 1.47 bits per heavy atom. The minimum absolute atomic E-state index is 0.0429. The predicted octanol–water partition coefficient (Wildman–Crippen LogP) is 2.52. The number of rotatable bonds is 4. The number of thioether (sulfide) groups is 1. The second-order valence-corrected chi connectivity index (χ2v) is 5.65. The molecular weight excluding hydrogens is 282 g/mol. The molecule has 1 atom stereocenters. The number of halogens is 1. The first-order valence-electron chi connectivity index (χ1n) is 5.79. The highest BCUT2D eigenvalue weighted by molar-refractivity contribution is 7.99. The summed E-state index contributed by atoms with van der Waals surface area (Å²) in [7, 11) is 0. The lowest BCUT2D eigenvalue weighted by atomic mass is 10.1. The van der Waals surface area contributed by atoms with E-state index in [1.54, 1.807) is 6.92 Å². The standard InChI is InChI=1S/C13H14ClN3OS/c1-8-6-12(18)17-13(16-8)19-11(7-15)9-4-2-3-5-10(9)14/h2-6,11H,7,15H2,1H3,(H,16,17,18). The lowest BCUT2D eigenvalue weighted by molar-refractivity contribution is 0.879. The minimum Gasteiger partial charge on any atom is -0.329 e. The zero-order valence-corrected chi connectivity index (χ0v) is 12.0. The van der Waals surface area contributed by atoms with Crippen LogP contribution in [0.5, 0.6) is 0 Å². The van der Waals surface area contributed by atoms with Gasteiger partial charge in [0.15, 0.2) is 5.16 Å². The molecule has 0 amide bonds. The number of nitrogens with one attached hydrogen (secondary N) is 1. The summed E-state index contributed by atoms with van der Waals surface area (Å²) in [5, 5.41) is 1.18. The van der Waals surface area contributed by atoms with Gasteiger partial charge in [0.2, 0.25) is 0 Å². The number of nitrogens with zero attached hydrogens (tertiary/aromatic N) is 1. The number of aryl methyl sites for hydroxylation is 1. The van der Waals surface area contributed by atoms with Gasteiger partial charge in [-0.3, -0.25) is 4.79 Å². The molecule has 1 aromatic heterocycles. The summed E-state index contributed by atoms with van der Waals surface area (Å²) < 4.78 is 0. The molecule has 4 nitrogen and oxygen atoms in total. The summed E-state index contributed by atoms with van der Waals surface area (Å²) in [6.07, 6.45) is 0. The van der Waals surface area contributed by atoms with Crippen LogP contribution in [0.4, 0.5) is 0 Å². The highest BCUT2D eigenvalue weighted by Gasteiger charge is 2.15. The third kappa shape index (κ3) is 3.59. The van der Waals surface area contributed by atoms with Crippen LogP contribution in [-0.2, 0) is 0 Å². The smallest absolute Gasteiger partial charge is 0.251 e. The van der Waals surface area contributed by atoms with Gasteiger partial charge in [-0.1, -0.05) is 41.6 Å². The van der Waals surface area contributed by atoms with Gasteiger partial charge in [-0.2, -0.15) is 0 Å².